The summed E-state index contributed by atoms with van der Waals surface area (Å²) in [5.74, 6) is -0.241. The van der Waals surface area contributed by atoms with E-state index in [1.807, 2.05) is 13.8 Å². The molecule has 0 aliphatic rings. The SMILES string of the molecule is CC(C)C(C)(O)CNC(=O)c1ccccc1-n1cnnn1. The third-order valence-electron chi connectivity index (χ3n) is 3.60. The maximum absolute atomic E-state index is 12.3. The van der Waals surface area contributed by atoms with Gasteiger partial charge in [-0.1, -0.05) is 26.0 Å². The van der Waals surface area contributed by atoms with Crippen LogP contribution >= 0.6 is 0 Å². The van der Waals surface area contributed by atoms with Gasteiger partial charge in [0.25, 0.3) is 5.91 Å². The summed E-state index contributed by atoms with van der Waals surface area (Å²) in [5.41, 5.74) is 0.0768. The fourth-order valence-corrected chi connectivity index (χ4v) is 1.70. The zero-order valence-electron chi connectivity index (χ0n) is 12.3. The van der Waals surface area contributed by atoms with Gasteiger partial charge in [-0.3, -0.25) is 4.79 Å². The summed E-state index contributed by atoms with van der Waals surface area (Å²) in [6.45, 7) is 5.68. The van der Waals surface area contributed by atoms with Crippen LogP contribution < -0.4 is 5.32 Å². The molecule has 2 N–H and O–H groups in total. The van der Waals surface area contributed by atoms with Gasteiger partial charge in [-0.25, -0.2) is 0 Å². The van der Waals surface area contributed by atoms with Crippen LogP contribution in [-0.2, 0) is 0 Å². The molecule has 0 fully saturated rings. The number of benzene rings is 1. The Bertz CT molecular complexity index is 608. The second-order valence-corrected chi connectivity index (χ2v) is 5.47. The van der Waals surface area contributed by atoms with Crippen LogP contribution in [0, 0.1) is 5.92 Å². The van der Waals surface area contributed by atoms with Crippen molar-refractivity contribution in [2.45, 2.75) is 26.4 Å². The van der Waals surface area contributed by atoms with E-state index in [9.17, 15) is 9.90 Å². The Labute approximate surface area is 123 Å². The molecule has 1 aromatic heterocycles. The maximum atomic E-state index is 12.3. The first-order chi connectivity index (χ1) is 9.92. The number of para-hydroxylation sites is 1. The molecular weight excluding hydrogens is 270 g/mol. The molecule has 112 valence electrons. The first kappa shape index (κ1) is 15.1. The average Bonchev–Trinajstić information content (AvgIpc) is 2.98. The maximum Gasteiger partial charge on any atom is 0.253 e. The molecule has 0 saturated carbocycles. The number of carbonyl (C=O) groups is 1. The molecule has 0 aliphatic carbocycles. The van der Waals surface area contributed by atoms with Crippen molar-refractivity contribution in [3.05, 3.63) is 36.2 Å². The molecule has 1 atom stereocenters. The number of amides is 1. The van der Waals surface area contributed by atoms with E-state index in [-0.39, 0.29) is 18.4 Å². The normalized spacial score (nSPS) is 14.0. The van der Waals surface area contributed by atoms with Gasteiger partial charge < -0.3 is 10.4 Å². The van der Waals surface area contributed by atoms with E-state index in [1.54, 1.807) is 31.2 Å². The highest BCUT2D eigenvalue weighted by Crippen LogP contribution is 2.16. The quantitative estimate of drug-likeness (QED) is 0.849. The molecule has 1 amide bonds. The van der Waals surface area contributed by atoms with Crippen molar-refractivity contribution in [2.75, 3.05) is 6.54 Å². The summed E-state index contributed by atoms with van der Waals surface area (Å²) in [6.07, 6.45) is 1.43. The number of hydrogen-bond acceptors (Lipinski definition) is 5. The predicted molar refractivity (Wildman–Crippen MR) is 76.9 cm³/mol. The molecule has 1 unspecified atom stereocenters. The number of aliphatic hydroxyl groups is 1. The van der Waals surface area contributed by atoms with Crippen LogP contribution in [0.5, 0.6) is 0 Å². The topological polar surface area (TPSA) is 92.9 Å². The van der Waals surface area contributed by atoms with Crippen LogP contribution in [0.25, 0.3) is 5.69 Å². The minimum absolute atomic E-state index is 0.0348. The van der Waals surface area contributed by atoms with Gasteiger partial charge in [0.2, 0.25) is 0 Å². The molecule has 0 saturated heterocycles. The monoisotopic (exact) mass is 289 g/mol. The van der Waals surface area contributed by atoms with Crippen LogP contribution in [0.4, 0.5) is 0 Å². The number of rotatable bonds is 5. The number of nitrogens with zero attached hydrogens (tertiary/aromatic N) is 4. The van der Waals surface area contributed by atoms with Crippen LogP contribution in [0.3, 0.4) is 0 Å². The molecule has 0 radical (unpaired) electrons. The van der Waals surface area contributed by atoms with E-state index in [0.717, 1.165) is 0 Å². The molecule has 7 nitrogen and oxygen atoms in total. The highest BCUT2D eigenvalue weighted by molar-refractivity contribution is 5.97. The van der Waals surface area contributed by atoms with Crippen molar-refractivity contribution in [1.29, 1.82) is 0 Å². The highest BCUT2D eigenvalue weighted by Gasteiger charge is 2.26. The first-order valence-electron chi connectivity index (χ1n) is 6.75. The fraction of sp³-hybridized carbons (Fsp3) is 0.429. The summed E-state index contributed by atoms with van der Waals surface area (Å²) < 4.78 is 1.43. The second kappa shape index (κ2) is 6.01. The average molecular weight is 289 g/mol. The van der Waals surface area contributed by atoms with Gasteiger partial charge >= 0.3 is 0 Å². The van der Waals surface area contributed by atoms with E-state index in [1.165, 1.54) is 11.0 Å². The van der Waals surface area contributed by atoms with Gasteiger partial charge in [0, 0.05) is 6.54 Å². The lowest BCUT2D eigenvalue weighted by atomic mass is 9.92. The minimum atomic E-state index is -0.959. The largest absolute Gasteiger partial charge is 0.388 e. The van der Waals surface area contributed by atoms with Gasteiger partial charge in [-0.15, -0.1) is 5.10 Å². The van der Waals surface area contributed by atoms with Crippen molar-refractivity contribution in [2.24, 2.45) is 5.92 Å². The van der Waals surface area contributed by atoms with Gasteiger partial charge in [-0.05, 0) is 35.4 Å². The molecule has 7 heteroatoms. The molecule has 2 aromatic rings. The summed E-state index contributed by atoms with van der Waals surface area (Å²) >= 11 is 0. The molecule has 1 aromatic carbocycles. The van der Waals surface area contributed by atoms with Crippen molar-refractivity contribution >= 4 is 5.91 Å². The molecule has 1 heterocycles. The number of nitrogens with one attached hydrogen (secondary N) is 1. The zero-order valence-corrected chi connectivity index (χ0v) is 12.3. The Morgan fingerprint density at radius 1 is 1.43 bits per heavy atom. The van der Waals surface area contributed by atoms with E-state index >= 15 is 0 Å². The number of tetrazole rings is 1. The number of carbonyl (C=O) groups excluding carboxylic acids is 1. The second-order valence-electron chi connectivity index (χ2n) is 5.47. The highest BCUT2D eigenvalue weighted by atomic mass is 16.3. The van der Waals surface area contributed by atoms with E-state index < -0.39 is 5.60 Å². The Hall–Kier alpha value is -2.28. The molecule has 0 aliphatic heterocycles. The standard InChI is InChI=1S/C14H19N5O2/c1-10(2)14(3,21)8-15-13(20)11-6-4-5-7-12(11)19-9-16-17-18-19/h4-7,9-10,21H,8H2,1-3H3,(H,15,20). The third-order valence-corrected chi connectivity index (χ3v) is 3.60. The number of hydrogen-bond donors (Lipinski definition) is 2. The third kappa shape index (κ3) is 3.43. The molecule has 21 heavy (non-hydrogen) atoms. The minimum Gasteiger partial charge on any atom is -0.388 e. The molecular formula is C14H19N5O2. The smallest absolute Gasteiger partial charge is 0.253 e. The van der Waals surface area contributed by atoms with Gasteiger partial charge in [0.1, 0.15) is 6.33 Å². The van der Waals surface area contributed by atoms with Crippen LogP contribution in [0.1, 0.15) is 31.1 Å². The zero-order chi connectivity index (χ0) is 15.5. The van der Waals surface area contributed by atoms with Gasteiger partial charge in [0.05, 0.1) is 16.9 Å². The fourth-order valence-electron chi connectivity index (χ4n) is 1.70. The van der Waals surface area contributed by atoms with E-state index in [0.29, 0.717) is 11.3 Å². The summed E-state index contributed by atoms with van der Waals surface area (Å²) in [7, 11) is 0. The van der Waals surface area contributed by atoms with Crippen molar-refractivity contribution in [3.63, 3.8) is 0 Å². The number of aromatic nitrogens is 4. The summed E-state index contributed by atoms with van der Waals surface area (Å²) in [5, 5.41) is 23.9. The van der Waals surface area contributed by atoms with E-state index in [2.05, 4.69) is 20.8 Å². The Morgan fingerprint density at radius 3 is 2.76 bits per heavy atom. The van der Waals surface area contributed by atoms with Crippen molar-refractivity contribution in [3.8, 4) is 5.69 Å². The lowest BCUT2D eigenvalue weighted by Gasteiger charge is -2.27. The Morgan fingerprint density at radius 2 is 2.14 bits per heavy atom. The lowest BCUT2D eigenvalue weighted by Crippen LogP contribution is -2.44. The van der Waals surface area contributed by atoms with E-state index in [4.69, 9.17) is 0 Å². The Kier molecular flexibility index (Phi) is 4.32. The van der Waals surface area contributed by atoms with Crippen molar-refractivity contribution in [1.82, 2.24) is 25.5 Å². The Balaban J connectivity index is 2.17. The van der Waals surface area contributed by atoms with Crippen molar-refractivity contribution < 1.29 is 9.90 Å². The molecule has 0 spiro atoms. The predicted octanol–water partition coefficient (Wildman–Crippen LogP) is 0.799. The van der Waals surface area contributed by atoms with Crippen LogP contribution in [-0.4, -0.2) is 43.4 Å². The summed E-state index contributed by atoms with van der Waals surface area (Å²) in [6, 6.07) is 7.02. The lowest BCUT2D eigenvalue weighted by molar-refractivity contribution is 0.0142. The molecule has 2 rings (SSSR count). The molecule has 0 bridgehead atoms. The first-order valence-corrected chi connectivity index (χ1v) is 6.75. The van der Waals surface area contributed by atoms with Crippen LogP contribution in [0.15, 0.2) is 30.6 Å². The van der Waals surface area contributed by atoms with Crippen LogP contribution in [0.2, 0.25) is 0 Å². The summed E-state index contributed by atoms with van der Waals surface area (Å²) in [4.78, 5) is 12.3. The van der Waals surface area contributed by atoms with Gasteiger partial charge in [-0.2, -0.15) is 4.68 Å². The van der Waals surface area contributed by atoms with Gasteiger partial charge in [0.15, 0.2) is 0 Å².